The highest BCUT2D eigenvalue weighted by atomic mass is 15.1. The average molecular weight is 798 g/mol. The Hall–Kier alpha value is -6.44. The molecule has 1 heteroatoms. The fourth-order valence-electron chi connectivity index (χ4n) is 13.8. The summed E-state index contributed by atoms with van der Waals surface area (Å²) >= 11 is 0. The first kappa shape index (κ1) is 36.2. The standard InChI is InChI=1S/C61H51N/c1-59(2)50-27-10-6-21-47(50)56-45(24-15-29-52(56)59)44-20-8-12-31-54(44)62(55-32-16-30-53-57(55)48-22-7-11-28-51(48)61(53)37-38-33-34-40(61)35-38)41-18-13-17-39(36-41)42-23-14-25-46-43-19-5-9-26-49(43)60(3,4)58(42)46/h5-32,36,38,40H,33-35,37H2,1-4H3. The summed E-state index contributed by atoms with van der Waals surface area (Å²) in [5, 5.41) is 0. The molecule has 300 valence electrons. The minimum atomic E-state index is -0.123. The van der Waals surface area contributed by atoms with Crippen molar-refractivity contribution in [1.29, 1.82) is 0 Å². The van der Waals surface area contributed by atoms with Crippen LogP contribution < -0.4 is 4.90 Å². The maximum Gasteiger partial charge on any atom is 0.0543 e. The first-order valence-electron chi connectivity index (χ1n) is 23.0. The van der Waals surface area contributed by atoms with E-state index in [1.54, 1.807) is 11.1 Å². The van der Waals surface area contributed by atoms with E-state index in [4.69, 9.17) is 0 Å². The molecule has 0 aliphatic heterocycles. The molecule has 5 aliphatic carbocycles. The highest BCUT2D eigenvalue weighted by molar-refractivity contribution is 6.02. The van der Waals surface area contributed by atoms with Crippen LogP contribution in [0.15, 0.2) is 176 Å². The van der Waals surface area contributed by atoms with Gasteiger partial charge in [-0.15, -0.1) is 0 Å². The van der Waals surface area contributed by atoms with E-state index in [1.807, 2.05) is 0 Å². The maximum atomic E-state index is 2.63. The summed E-state index contributed by atoms with van der Waals surface area (Å²) in [6, 6.07) is 67.5. The number of hydrogen-bond acceptors (Lipinski definition) is 1. The Morgan fingerprint density at radius 1 is 0.419 bits per heavy atom. The van der Waals surface area contributed by atoms with E-state index in [2.05, 4.69) is 209 Å². The molecule has 5 aliphatic rings. The van der Waals surface area contributed by atoms with Crippen molar-refractivity contribution in [2.45, 2.75) is 69.6 Å². The van der Waals surface area contributed by atoms with Crippen molar-refractivity contribution < 1.29 is 0 Å². The Bertz CT molecular complexity index is 3180. The summed E-state index contributed by atoms with van der Waals surface area (Å²) < 4.78 is 0. The SMILES string of the molecule is CC1(C)c2ccccc2-c2c(-c3ccccc3N(c3cccc(-c4cccc5c4C(C)(C)c4ccccc4-5)c3)c3cccc4c3-c3ccccc3C43CC4CCC3C4)cccc21. The van der Waals surface area contributed by atoms with Crippen LogP contribution in [0.3, 0.4) is 0 Å². The van der Waals surface area contributed by atoms with E-state index in [9.17, 15) is 0 Å². The zero-order valence-electron chi connectivity index (χ0n) is 36.2. The second-order valence-corrected chi connectivity index (χ2v) is 20.0. The molecule has 62 heavy (non-hydrogen) atoms. The van der Waals surface area contributed by atoms with E-state index in [1.165, 1.54) is 121 Å². The molecule has 0 N–H and O–H groups in total. The molecule has 2 bridgehead atoms. The summed E-state index contributed by atoms with van der Waals surface area (Å²) in [6.45, 7) is 9.59. The van der Waals surface area contributed by atoms with Gasteiger partial charge in [0.1, 0.15) is 0 Å². The normalized spacial score (nSPS) is 21.0. The lowest BCUT2D eigenvalue weighted by molar-refractivity contribution is 0.327. The highest BCUT2D eigenvalue weighted by Crippen LogP contribution is 2.67. The van der Waals surface area contributed by atoms with Crippen molar-refractivity contribution in [3.05, 3.63) is 209 Å². The summed E-state index contributed by atoms with van der Waals surface area (Å²) in [5.41, 5.74) is 25.6. The molecule has 3 atom stereocenters. The van der Waals surface area contributed by atoms with Crippen molar-refractivity contribution in [3.8, 4) is 55.6 Å². The van der Waals surface area contributed by atoms with Crippen LogP contribution in [0.5, 0.6) is 0 Å². The van der Waals surface area contributed by atoms with Gasteiger partial charge in [-0.05, 0) is 133 Å². The molecule has 8 aromatic rings. The zero-order valence-corrected chi connectivity index (χ0v) is 36.2. The third-order valence-corrected chi connectivity index (χ3v) is 16.3. The average Bonchev–Trinajstić information content (AvgIpc) is 4.10. The maximum absolute atomic E-state index is 2.63. The molecule has 0 heterocycles. The van der Waals surface area contributed by atoms with Gasteiger partial charge in [0, 0.05) is 33.1 Å². The lowest BCUT2D eigenvalue weighted by Gasteiger charge is -2.37. The van der Waals surface area contributed by atoms with Crippen molar-refractivity contribution >= 4 is 17.1 Å². The second kappa shape index (κ2) is 12.8. The molecule has 8 aromatic carbocycles. The van der Waals surface area contributed by atoms with Crippen molar-refractivity contribution in [2.75, 3.05) is 4.90 Å². The Kier molecular flexibility index (Phi) is 7.48. The predicted octanol–water partition coefficient (Wildman–Crippen LogP) is 16.2. The lowest BCUT2D eigenvalue weighted by atomic mass is 9.67. The molecule has 0 aromatic heterocycles. The van der Waals surface area contributed by atoms with E-state index in [0.29, 0.717) is 5.92 Å². The topological polar surface area (TPSA) is 3.24 Å². The van der Waals surface area contributed by atoms with Crippen LogP contribution in [0.2, 0.25) is 0 Å². The van der Waals surface area contributed by atoms with Crippen LogP contribution in [0.4, 0.5) is 17.1 Å². The van der Waals surface area contributed by atoms with Gasteiger partial charge in [0.15, 0.2) is 0 Å². The summed E-state index contributed by atoms with van der Waals surface area (Å²) in [6.07, 6.45) is 5.32. The lowest BCUT2D eigenvalue weighted by Crippen LogP contribution is -2.31. The van der Waals surface area contributed by atoms with Gasteiger partial charge < -0.3 is 4.90 Å². The van der Waals surface area contributed by atoms with E-state index in [0.717, 1.165) is 5.92 Å². The van der Waals surface area contributed by atoms with E-state index < -0.39 is 0 Å². The number of hydrogen-bond donors (Lipinski definition) is 0. The quantitative estimate of drug-likeness (QED) is 0.168. The number of fused-ring (bicyclic) bond motifs is 14. The molecule has 0 radical (unpaired) electrons. The number of anilines is 3. The number of nitrogens with zero attached hydrogens (tertiary/aromatic N) is 1. The molecular formula is C61H51N. The summed E-state index contributed by atoms with van der Waals surface area (Å²) in [4.78, 5) is 2.63. The van der Waals surface area contributed by atoms with Gasteiger partial charge in [0.2, 0.25) is 0 Å². The Balaban J connectivity index is 1.07. The van der Waals surface area contributed by atoms with Crippen LogP contribution in [0.1, 0.15) is 86.8 Å². The molecular weight excluding hydrogens is 747 g/mol. The monoisotopic (exact) mass is 797 g/mol. The van der Waals surface area contributed by atoms with Crippen molar-refractivity contribution in [2.24, 2.45) is 11.8 Å². The van der Waals surface area contributed by atoms with Crippen LogP contribution in [0, 0.1) is 11.8 Å². The fourth-order valence-corrected chi connectivity index (χ4v) is 13.8. The van der Waals surface area contributed by atoms with Gasteiger partial charge in [-0.2, -0.15) is 0 Å². The molecule has 2 fully saturated rings. The molecule has 1 spiro atoms. The Labute approximate surface area is 366 Å². The molecule has 0 amide bonds. The van der Waals surface area contributed by atoms with Crippen LogP contribution >= 0.6 is 0 Å². The fraction of sp³-hybridized carbons (Fsp3) is 0.213. The minimum absolute atomic E-state index is 0.0820. The molecule has 3 unspecified atom stereocenters. The second-order valence-electron chi connectivity index (χ2n) is 20.0. The molecule has 2 saturated carbocycles. The van der Waals surface area contributed by atoms with Crippen LogP contribution in [0.25, 0.3) is 55.6 Å². The Morgan fingerprint density at radius 2 is 0.984 bits per heavy atom. The third-order valence-electron chi connectivity index (χ3n) is 16.3. The van der Waals surface area contributed by atoms with Gasteiger partial charge in [0.25, 0.3) is 0 Å². The molecule has 13 rings (SSSR count). The zero-order chi connectivity index (χ0) is 41.5. The smallest absolute Gasteiger partial charge is 0.0543 e. The first-order valence-corrected chi connectivity index (χ1v) is 23.0. The largest absolute Gasteiger partial charge is 0.309 e. The van der Waals surface area contributed by atoms with Crippen LogP contribution in [-0.4, -0.2) is 0 Å². The van der Waals surface area contributed by atoms with Gasteiger partial charge in [0.05, 0.1) is 11.4 Å². The third kappa shape index (κ3) is 4.69. The minimum Gasteiger partial charge on any atom is -0.309 e. The highest BCUT2D eigenvalue weighted by Gasteiger charge is 2.57. The van der Waals surface area contributed by atoms with Crippen molar-refractivity contribution in [3.63, 3.8) is 0 Å². The number of rotatable bonds is 5. The Morgan fingerprint density at radius 3 is 1.76 bits per heavy atom. The number of para-hydroxylation sites is 1. The molecule has 0 saturated heterocycles. The van der Waals surface area contributed by atoms with Gasteiger partial charge in [-0.3, -0.25) is 0 Å². The van der Waals surface area contributed by atoms with E-state index >= 15 is 0 Å². The van der Waals surface area contributed by atoms with Gasteiger partial charge >= 0.3 is 0 Å². The van der Waals surface area contributed by atoms with Crippen LogP contribution in [-0.2, 0) is 16.2 Å². The number of benzene rings is 8. The molecule has 1 nitrogen and oxygen atoms in total. The summed E-state index contributed by atoms with van der Waals surface area (Å²) in [7, 11) is 0. The van der Waals surface area contributed by atoms with Gasteiger partial charge in [-0.1, -0.05) is 186 Å². The predicted molar refractivity (Wildman–Crippen MR) is 259 cm³/mol. The van der Waals surface area contributed by atoms with E-state index in [-0.39, 0.29) is 16.2 Å². The summed E-state index contributed by atoms with van der Waals surface area (Å²) in [5.74, 6) is 1.50. The first-order chi connectivity index (χ1) is 30.3. The van der Waals surface area contributed by atoms with Crippen molar-refractivity contribution in [1.82, 2.24) is 0 Å². The van der Waals surface area contributed by atoms with Gasteiger partial charge in [-0.25, -0.2) is 0 Å².